The van der Waals surface area contributed by atoms with Gasteiger partial charge in [-0.05, 0) is 44.5 Å². The van der Waals surface area contributed by atoms with Gasteiger partial charge in [-0.2, -0.15) is 0 Å². The van der Waals surface area contributed by atoms with Gasteiger partial charge >= 0.3 is 0 Å². The average Bonchev–Trinajstić information content (AvgIpc) is 3.00. The molecule has 0 fully saturated rings. The molecule has 0 unspecified atom stereocenters. The molecular formula is C21H25N3O2. The van der Waals surface area contributed by atoms with E-state index in [4.69, 9.17) is 0 Å². The molecule has 0 aliphatic rings. The molecule has 1 N–H and O–H groups in total. The van der Waals surface area contributed by atoms with Crippen LogP contribution in [0.5, 0.6) is 0 Å². The normalized spacial score (nSPS) is 12.5. The summed E-state index contributed by atoms with van der Waals surface area (Å²) in [4.78, 5) is 19.5. The Kier molecular flexibility index (Phi) is 5.38. The summed E-state index contributed by atoms with van der Waals surface area (Å²) in [6.07, 6.45) is -0.149. The lowest BCUT2D eigenvalue weighted by atomic mass is 10.2. The highest BCUT2D eigenvalue weighted by Crippen LogP contribution is 2.24. The molecule has 0 spiro atoms. The van der Waals surface area contributed by atoms with Crippen LogP contribution in [-0.4, -0.2) is 26.6 Å². The van der Waals surface area contributed by atoms with Crippen molar-refractivity contribution in [2.24, 2.45) is 0 Å². The summed E-state index contributed by atoms with van der Waals surface area (Å²) in [5, 5.41) is 10.4. The van der Waals surface area contributed by atoms with Crippen LogP contribution in [0.4, 0.5) is 5.69 Å². The fourth-order valence-corrected chi connectivity index (χ4v) is 3.23. The predicted octanol–water partition coefficient (Wildman–Crippen LogP) is 3.92. The number of nitrogens with zero attached hydrogens (tertiary/aromatic N) is 3. The molecule has 0 radical (unpaired) electrons. The number of carbonyl (C=O) groups excluding carboxylic acids is 1. The summed E-state index contributed by atoms with van der Waals surface area (Å²) >= 11 is 0. The molecule has 0 bridgehead atoms. The number of hydrogen-bond donors (Lipinski definition) is 1. The van der Waals surface area contributed by atoms with Crippen LogP contribution in [0.1, 0.15) is 39.1 Å². The summed E-state index contributed by atoms with van der Waals surface area (Å²) in [6, 6.07) is 17.4. The zero-order valence-corrected chi connectivity index (χ0v) is 15.5. The van der Waals surface area contributed by atoms with Crippen molar-refractivity contribution in [1.29, 1.82) is 0 Å². The molecule has 0 saturated heterocycles. The maximum atomic E-state index is 13.2. The molecule has 1 heterocycles. The van der Waals surface area contributed by atoms with Gasteiger partial charge in [-0.3, -0.25) is 4.79 Å². The number of para-hydroxylation sites is 3. The summed E-state index contributed by atoms with van der Waals surface area (Å²) in [5.74, 6) is 0.512. The monoisotopic (exact) mass is 351 g/mol. The van der Waals surface area contributed by atoms with Gasteiger partial charge in [0, 0.05) is 11.7 Å². The van der Waals surface area contributed by atoms with Crippen LogP contribution in [-0.2, 0) is 11.3 Å². The second-order valence-electron chi connectivity index (χ2n) is 6.66. The second kappa shape index (κ2) is 7.70. The number of rotatable bonds is 6. The molecule has 0 saturated carbocycles. The number of aliphatic hydroxyl groups excluding tert-OH is 1. The first-order chi connectivity index (χ1) is 12.5. The van der Waals surface area contributed by atoms with E-state index in [9.17, 15) is 9.90 Å². The molecule has 5 heteroatoms. The number of imidazole rings is 1. The lowest BCUT2D eigenvalue weighted by molar-refractivity contribution is -0.119. The quantitative estimate of drug-likeness (QED) is 0.732. The number of carbonyl (C=O) groups is 1. The number of aromatic nitrogens is 2. The zero-order chi connectivity index (χ0) is 18.7. The van der Waals surface area contributed by atoms with E-state index in [0.717, 1.165) is 16.7 Å². The summed E-state index contributed by atoms with van der Waals surface area (Å²) in [6.45, 7) is 6.04. The van der Waals surface area contributed by atoms with Crippen LogP contribution in [0.3, 0.4) is 0 Å². The van der Waals surface area contributed by atoms with Gasteiger partial charge in [0.15, 0.2) is 0 Å². The Labute approximate surface area is 153 Å². The van der Waals surface area contributed by atoms with Gasteiger partial charge in [0.2, 0.25) is 5.91 Å². The van der Waals surface area contributed by atoms with Crippen molar-refractivity contribution < 1.29 is 9.90 Å². The molecule has 26 heavy (non-hydrogen) atoms. The minimum Gasteiger partial charge on any atom is -0.385 e. The van der Waals surface area contributed by atoms with E-state index in [1.807, 2.05) is 79.9 Å². The van der Waals surface area contributed by atoms with E-state index < -0.39 is 6.10 Å². The maximum Gasteiger partial charge on any atom is 0.247 e. The zero-order valence-electron chi connectivity index (χ0n) is 15.5. The smallest absolute Gasteiger partial charge is 0.247 e. The van der Waals surface area contributed by atoms with Crippen molar-refractivity contribution in [2.45, 2.75) is 45.9 Å². The fourth-order valence-electron chi connectivity index (χ4n) is 3.23. The number of benzene rings is 2. The SMILES string of the molecule is CC[C@@H](O)c1nc2ccccc2n1CC(=O)N(c1ccccc1)C(C)C. The van der Waals surface area contributed by atoms with Crippen molar-refractivity contribution in [1.82, 2.24) is 9.55 Å². The molecule has 2 aromatic carbocycles. The molecule has 0 aliphatic heterocycles. The van der Waals surface area contributed by atoms with Crippen LogP contribution in [0.2, 0.25) is 0 Å². The Balaban J connectivity index is 2.00. The molecule has 136 valence electrons. The first-order valence-electron chi connectivity index (χ1n) is 9.03. The van der Waals surface area contributed by atoms with Crippen LogP contribution in [0.25, 0.3) is 11.0 Å². The highest BCUT2D eigenvalue weighted by atomic mass is 16.3. The van der Waals surface area contributed by atoms with Crippen molar-refractivity contribution in [3.8, 4) is 0 Å². The Morgan fingerprint density at radius 1 is 1.12 bits per heavy atom. The highest BCUT2D eigenvalue weighted by molar-refractivity contribution is 5.94. The topological polar surface area (TPSA) is 58.4 Å². The molecule has 1 atom stereocenters. The second-order valence-corrected chi connectivity index (χ2v) is 6.66. The number of fused-ring (bicyclic) bond motifs is 1. The first kappa shape index (κ1) is 18.1. The number of aliphatic hydroxyl groups is 1. The predicted molar refractivity (Wildman–Crippen MR) is 104 cm³/mol. The van der Waals surface area contributed by atoms with Gasteiger partial charge in [0.1, 0.15) is 18.5 Å². The Morgan fingerprint density at radius 2 is 1.77 bits per heavy atom. The van der Waals surface area contributed by atoms with E-state index in [2.05, 4.69) is 4.98 Å². The lowest BCUT2D eigenvalue weighted by Gasteiger charge is -2.27. The summed E-state index contributed by atoms with van der Waals surface area (Å²) < 4.78 is 1.84. The van der Waals surface area contributed by atoms with Gasteiger partial charge < -0.3 is 14.6 Å². The molecule has 5 nitrogen and oxygen atoms in total. The fraction of sp³-hybridized carbons (Fsp3) is 0.333. The van der Waals surface area contributed by atoms with Crippen LogP contribution in [0.15, 0.2) is 54.6 Å². The molecule has 3 rings (SSSR count). The molecule has 1 amide bonds. The van der Waals surface area contributed by atoms with Gasteiger partial charge in [-0.1, -0.05) is 37.3 Å². The number of anilines is 1. The van der Waals surface area contributed by atoms with Gasteiger partial charge in [0.05, 0.1) is 11.0 Å². The minimum absolute atomic E-state index is 0.0271. The summed E-state index contributed by atoms with van der Waals surface area (Å²) in [7, 11) is 0. The Bertz CT molecular complexity index is 887. The van der Waals surface area contributed by atoms with Crippen LogP contribution < -0.4 is 4.90 Å². The van der Waals surface area contributed by atoms with Gasteiger partial charge in [0.25, 0.3) is 0 Å². The van der Waals surface area contributed by atoms with Crippen molar-refractivity contribution >= 4 is 22.6 Å². The van der Waals surface area contributed by atoms with E-state index in [-0.39, 0.29) is 18.5 Å². The van der Waals surface area contributed by atoms with Crippen molar-refractivity contribution in [3.63, 3.8) is 0 Å². The highest BCUT2D eigenvalue weighted by Gasteiger charge is 2.23. The van der Waals surface area contributed by atoms with Gasteiger partial charge in [-0.25, -0.2) is 4.98 Å². The van der Waals surface area contributed by atoms with Crippen molar-refractivity contribution in [2.75, 3.05) is 4.90 Å². The van der Waals surface area contributed by atoms with E-state index in [1.54, 1.807) is 4.90 Å². The number of hydrogen-bond acceptors (Lipinski definition) is 3. The largest absolute Gasteiger partial charge is 0.385 e. The minimum atomic E-state index is -0.695. The average molecular weight is 351 g/mol. The first-order valence-corrected chi connectivity index (χ1v) is 9.03. The van der Waals surface area contributed by atoms with Crippen LogP contribution >= 0.6 is 0 Å². The van der Waals surface area contributed by atoms with Gasteiger partial charge in [-0.15, -0.1) is 0 Å². The summed E-state index contributed by atoms with van der Waals surface area (Å²) in [5.41, 5.74) is 2.52. The standard InChI is InChI=1S/C21H25N3O2/c1-4-19(25)21-22-17-12-8-9-13-18(17)23(21)14-20(26)24(15(2)3)16-10-6-5-7-11-16/h5-13,15,19,25H,4,14H2,1-3H3/t19-/m1/s1. The lowest BCUT2D eigenvalue weighted by Crippen LogP contribution is -2.39. The Morgan fingerprint density at radius 3 is 2.42 bits per heavy atom. The number of amides is 1. The molecule has 3 aromatic rings. The Hall–Kier alpha value is -2.66. The van der Waals surface area contributed by atoms with Crippen LogP contribution in [0, 0.1) is 0 Å². The van der Waals surface area contributed by atoms with E-state index in [1.165, 1.54) is 0 Å². The molecule has 1 aromatic heterocycles. The molecular weight excluding hydrogens is 326 g/mol. The third kappa shape index (κ3) is 3.48. The third-order valence-corrected chi connectivity index (χ3v) is 4.48. The van der Waals surface area contributed by atoms with Crippen molar-refractivity contribution in [3.05, 3.63) is 60.4 Å². The molecule has 0 aliphatic carbocycles. The van der Waals surface area contributed by atoms with E-state index in [0.29, 0.717) is 12.2 Å². The third-order valence-electron chi connectivity index (χ3n) is 4.48. The van der Waals surface area contributed by atoms with E-state index >= 15 is 0 Å². The maximum absolute atomic E-state index is 13.2.